The van der Waals surface area contributed by atoms with E-state index in [9.17, 15) is 28.8 Å². The molecule has 0 radical (unpaired) electrons. The van der Waals surface area contributed by atoms with Crippen LogP contribution >= 0.6 is 18.8 Å². The van der Waals surface area contributed by atoms with Crippen LogP contribution in [-0.4, -0.2) is 97.7 Å². The van der Waals surface area contributed by atoms with Crippen molar-refractivity contribution in [1.29, 1.82) is 0 Å². The van der Waals surface area contributed by atoms with Crippen LogP contribution in [0.3, 0.4) is 0 Å². The molecule has 26 heteroatoms. The molecule has 0 spiro atoms. The van der Waals surface area contributed by atoms with E-state index in [-0.39, 0.29) is 148 Å². The number of nitrogens with two attached hydrogens (primary N) is 7. The fourth-order valence-corrected chi connectivity index (χ4v) is 4.30. The van der Waals surface area contributed by atoms with Gasteiger partial charge in [0, 0.05) is 12.1 Å². The van der Waals surface area contributed by atoms with E-state index in [1.165, 1.54) is 25.7 Å². The molecule has 55 heavy (non-hydrogen) atoms. The fourth-order valence-electron chi connectivity index (χ4n) is 4.30. The topological polar surface area (TPSA) is 450 Å². The quantitative estimate of drug-likeness (QED) is 0.0972. The third kappa shape index (κ3) is 35.5. The average molecular weight is 1570 g/mol. The van der Waals surface area contributed by atoms with Crippen molar-refractivity contribution in [3.8, 4) is 0 Å². The predicted molar refractivity (Wildman–Crippen MR) is 200 cm³/mol. The monoisotopic (exact) mass is 1560 g/mol. The van der Waals surface area contributed by atoms with Crippen LogP contribution < -0.4 is 17.2 Å². The Labute approximate surface area is 385 Å². The van der Waals surface area contributed by atoms with Crippen molar-refractivity contribution in [1.82, 2.24) is 0 Å². The summed E-state index contributed by atoms with van der Waals surface area (Å²) >= 11 is -0.472. The van der Waals surface area contributed by atoms with Gasteiger partial charge in [-0.2, -0.15) is 0 Å². The Morgan fingerprint density at radius 3 is 0.927 bits per heavy atom. The molecule has 0 bridgehead atoms. The minimum atomic E-state index is -1.44. The number of carboxylic acids is 6. The maximum atomic E-state index is 10.4. The summed E-state index contributed by atoms with van der Waals surface area (Å²) in [5, 5.41) is 53.5. The molecule has 0 amide bonds. The van der Waals surface area contributed by atoms with E-state index in [0.717, 1.165) is 25.9 Å². The molecular formula is C29H62Cl2N8O12Pt4. The summed E-state index contributed by atoms with van der Waals surface area (Å²) in [4.78, 5) is 60.3. The molecule has 4 rings (SSSR count). The molecule has 20 nitrogen and oxygen atoms in total. The zero-order chi connectivity index (χ0) is 35.2. The minimum absolute atomic E-state index is 0. The van der Waals surface area contributed by atoms with E-state index in [2.05, 4.69) is 5.32 Å². The SMILES string of the molecule is NC[C@@H]1CCC[N-]1.N[C@H]1CCCC[C@@H]1N.O=C(O)C1(C(=O)O)CCC1.O=C(O)C1(C(=O)O)CCC1.O=C(O)CC(=O)O.[CH3-].[CH3-].[CH3-].[Cl][Pt+2][Cl].[NH2-].[NH2-].[NH2-].[NH2-].[Pt+2].[Pt+2].[Pt+2]. The molecule has 3 atom stereocenters. The summed E-state index contributed by atoms with van der Waals surface area (Å²) < 4.78 is 0. The molecule has 3 aliphatic carbocycles. The molecule has 0 unspecified atom stereocenters. The van der Waals surface area contributed by atoms with Crippen LogP contribution in [0.15, 0.2) is 0 Å². The summed E-state index contributed by atoms with van der Waals surface area (Å²) in [5.41, 5.74) is 13.8. The molecule has 0 aromatic carbocycles. The van der Waals surface area contributed by atoms with Gasteiger partial charge in [-0.25, -0.2) is 0 Å². The standard InChI is InChI=1S/C6H14N2.2C6H8O4.C5H11N2.C3H4O4.3CH3.2ClH.4H2N.4Pt/c7-5-3-1-2-4-6(5)8;2*7-4(8)6(5(9)10)2-1-3-6;6-4-5-2-1-3-7-5;4-2(5)1-3(6)7;;;;;;;;;;;;;/h5-6H,1-4,7-8H2;2*1-3H2,(H,7,8)(H,9,10);5H,1-4,6H2;1H2,(H,4,5)(H,6,7);3*1H3;2*1H;4*1H2;;;;/q;;;-1;;3*-1;;;4*-1;3*+2;+4/p-2/t5-,6-;;;5-;;;;;;;;;;;;;;/m0..0............../s1. The molecule has 1 aliphatic heterocycles. The predicted octanol–water partition coefficient (Wildman–Crippen LogP) is 6.48. The van der Waals surface area contributed by atoms with E-state index in [1.807, 2.05) is 0 Å². The molecule has 3 saturated carbocycles. The van der Waals surface area contributed by atoms with Crippen LogP contribution in [0.25, 0.3) is 29.9 Å². The van der Waals surface area contributed by atoms with Crippen molar-refractivity contribution in [3.05, 3.63) is 52.2 Å². The third-order valence-corrected chi connectivity index (χ3v) is 7.58. The van der Waals surface area contributed by atoms with Crippen molar-refractivity contribution in [2.45, 2.75) is 102 Å². The van der Waals surface area contributed by atoms with Crippen molar-refractivity contribution in [3.63, 3.8) is 0 Å². The maximum absolute atomic E-state index is 10.4. The van der Waals surface area contributed by atoms with Gasteiger partial charge in [-0.3, -0.25) is 28.8 Å². The van der Waals surface area contributed by atoms with Gasteiger partial charge in [0.2, 0.25) is 0 Å². The Kier molecular flexibility index (Phi) is 75.9. The van der Waals surface area contributed by atoms with Gasteiger partial charge in [-0.05, 0) is 57.9 Å². The van der Waals surface area contributed by atoms with E-state index in [1.54, 1.807) is 0 Å². The van der Waals surface area contributed by atoms with Crippen LogP contribution in [-0.2, 0) is 108 Å². The first-order chi connectivity index (χ1) is 21.0. The Hall–Kier alpha value is -0.167. The van der Waals surface area contributed by atoms with E-state index in [4.69, 9.17) is 66.7 Å². The van der Waals surface area contributed by atoms with E-state index < -0.39 is 69.5 Å². The summed E-state index contributed by atoms with van der Waals surface area (Å²) in [5.74, 6) is -7.44. The van der Waals surface area contributed by atoms with Crippen LogP contribution in [0.2, 0.25) is 0 Å². The minimum Gasteiger partial charge on any atom is -0.693 e. The molecule has 20 N–H and O–H groups in total. The Balaban J connectivity index is -0.0000000397. The molecule has 344 valence electrons. The second-order valence-corrected chi connectivity index (χ2v) is 13.9. The molecule has 4 aliphatic rings. The van der Waals surface area contributed by atoms with E-state index in [0.29, 0.717) is 18.9 Å². The van der Waals surface area contributed by atoms with Gasteiger partial charge in [0.25, 0.3) is 0 Å². The second kappa shape index (κ2) is 48.2. The van der Waals surface area contributed by atoms with Crippen LogP contribution in [0, 0.1) is 33.1 Å². The van der Waals surface area contributed by atoms with Gasteiger partial charge in [0.05, 0.1) is 0 Å². The number of aliphatic carboxylic acids is 6. The molecular weight excluding hydrogens is 1500 g/mol. The Morgan fingerprint density at radius 2 is 0.855 bits per heavy atom. The average Bonchev–Trinajstić information content (AvgIpc) is 3.39. The van der Waals surface area contributed by atoms with Gasteiger partial charge in [0.1, 0.15) is 6.42 Å². The zero-order valence-corrected chi connectivity index (χ0v) is 41.6. The van der Waals surface area contributed by atoms with Gasteiger partial charge in [-0.15, -0.1) is 12.6 Å². The largest absolute Gasteiger partial charge is 2.00 e. The van der Waals surface area contributed by atoms with Crippen molar-refractivity contribution >= 4 is 54.7 Å². The molecule has 1 heterocycles. The number of hydrogen-bond donors (Lipinski definition) is 9. The number of carbonyl (C=O) groups is 6. The smallest absolute Gasteiger partial charge is 0.693 e. The zero-order valence-electron chi connectivity index (χ0n) is 31.0. The fraction of sp³-hybridized carbons (Fsp3) is 0.690. The number of carboxylic acid groups (broad SMARTS) is 6. The van der Waals surface area contributed by atoms with Crippen LogP contribution in [0.5, 0.6) is 0 Å². The van der Waals surface area contributed by atoms with Crippen molar-refractivity contribution < 1.29 is 139 Å². The maximum Gasteiger partial charge on any atom is 2.00 e. The number of hydrogen-bond acceptors (Lipinski definition) is 9. The summed E-state index contributed by atoms with van der Waals surface area (Å²) in [6, 6.07) is 1.06. The number of nitrogens with zero attached hydrogens (tertiary/aromatic N) is 1. The van der Waals surface area contributed by atoms with Gasteiger partial charge >= 0.3 is 134 Å². The van der Waals surface area contributed by atoms with Gasteiger partial charge in [0.15, 0.2) is 10.8 Å². The first-order valence-corrected chi connectivity index (χ1v) is 19.7. The Morgan fingerprint density at radius 1 is 0.582 bits per heavy atom. The molecule has 0 aromatic heterocycles. The normalized spacial score (nSPS) is 18.9. The van der Waals surface area contributed by atoms with Crippen LogP contribution in [0.1, 0.15) is 83.5 Å². The molecule has 4 fully saturated rings. The second-order valence-electron chi connectivity index (χ2n) is 10.7. The summed E-state index contributed by atoms with van der Waals surface area (Å²) in [6.07, 6.45) is 8.98. The summed E-state index contributed by atoms with van der Waals surface area (Å²) in [7, 11) is 9.75. The van der Waals surface area contributed by atoms with Crippen molar-refractivity contribution in [2.24, 2.45) is 28.0 Å². The van der Waals surface area contributed by atoms with E-state index >= 15 is 0 Å². The number of rotatable bonds is 7. The van der Waals surface area contributed by atoms with Crippen molar-refractivity contribution in [2.75, 3.05) is 13.1 Å². The summed E-state index contributed by atoms with van der Waals surface area (Å²) in [6.45, 7) is 1.79. The first kappa shape index (κ1) is 86.6. The Bertz CT molecular complexity index is 881. The van der Waals surface area contributed by atoms with Gasteiger partial charge < -0.3 is 100 Å². The first-order valence-electron chi connectivity index (χ1n) is 14.0. The third-order valence-electron chi connectivity index (χ3n) is 7.58. The molecule has 0 aromatic rings. The number of halogens is 2. The van der Waals surface area contributed by atoms with Gasteiger partial charge in [-0.1, -0.05) is 25.7 Å². The molecule has 1 saturated heterocycles. The van der Waals surface area contributed by atoms with Crippen LogP contribution in [0.4, 0.5) is 0 Å².